The monoisotopic (exact) mass is 965 g/mol. The average molecular weight is 967 g/mol. The summed E-state index contributed by atoms with van der Waals surface area (Å²) >= 11 is 12.8. The number of rotatable bonds is 16. The van der Waals surface area contributed by atoms with Crippen molar-refractivity contribution in [1.82, 2.24) is 15.5 Å². The van der Waals surface area contributed by atoms with Crippen LogP contribution in [0.5, 0.6) is 0 Å². The number of fused-ring (bicyclic) bond motifs is 4. The highest BCUT2D eigenvalue weighted by Gasteiger charge is 2.72. The summed E-state index contributed by atoms with van der Waals surface area (Å²) in [7, 11) is 0. The highest BCUT2D eigenvalue weighted by molar-refractivity contribution is 6.31. The lowest BCUT2D eigenvalue weighted by Crippen LogP contribution is -2.60. The first-order chi connectivity index (χ1) is 32.8. The number of piperidine rings is 1. The van der Waals surface area contributed by atoms with Crippen LogP contribution in [-0.2, 0) is 40.5 Å². The standard InChI is InChI=1S/C51H50Cl2FN5O9/c52-31-16-19-35-37(28-31)56-49(66)51(35)42(34-11-5-12-36(53)43(34)54)44(58-50(51)22-2-1-3-23-50)46(63)55-32-17-14-29(15-18-32)39(60)13-7-25-68-27-26-67-24-6-9-30-8-4-10-33-41(30)48(65)59(47(33)64)38-20-21-40(61)57-45(38)62/h4-5,8,10-12,14-19,28,38,42,44,58H,1-3,6-7,9,13,20-27H2,(H,55,63)(H,56,66)(H,57,61,62)/t38?,42-,44+,51+/m0/s1. The molecule has 5 aliphatic rings. The van der Waals surface area contributed by atoms with Crippen molar-refractivity contribution < 1.29 is 47.4 Å². The number of hydrogen-bond acceptors (Lipinski definition) is 10. The first-order valence-corrected chi connectivity index (χ1v) is 23.9. The molecular weight excluding hydrogens is 916 g/mol. The van der Waals surface area contributed by atoms with Crippen LogP contribution in [0.25, 0.3) is 0 Å². The van der Waals surface area contributed by atoms with Gasteiger partial charge < -0.3 is 20.1 Å². The molecule has 68 heavy (non-hydrogen) atoms. The number of benzene rings is 4. The number of amides is 6. The van der Waals surface area contributed by atoms with Crippen LogP contribution < -0.4 is 21.3 Å². The van der Waals surface area contributed by atoms with Crippen molar-refractivity contribution in [2.24, 2.45) is 0 Å². The lowest BCUT2D eigenvalue weighted by molar-refractivity contribution is -0.136. The topological polar surface area (TPSA) is 189 Å². The van der Waals surface area contributed by atoms with Crippen molar-refractivity contribution in [3.8, 4) is 0 Å². The number of ether oxygens (including phenoxy) is 2. The molecule has 354 valence electrons. The highest BCUT2D eigenvalue weighted by Crippen LogP contribution is 2.63. The van der Waals surface area contributed by atoms with Crippen LogP contribution in [0.3, 0.4) is 0 Å². The van der Waals surface area contributed by atoms with Gasteiger partial charge in [-0.05, 0) is 104 Å². The van der Waals surface area contributed by atoms with Crippen molar-refractivity contribution in [3.63, 3.8) is 0 Å². The van der Waals surface area contributed by atoms with E-state index in [4.69, 9.17) is 32.7 Å². The number of Topliss-reactive ketones (excluding diaryl/α,β-unsaturated/α-hetero) is 1. The molecule has 4 aliphatic heterocycles. The molecule has 4 N–H and O–H groups in total. The van der Waals surface area contributed by atoms with E-state index in [1.54, 1.807) is 66.7 Å². The molecule has 4 heterocycles. The summed E-state index contributed by atoms with van der Waals surface area (Å²) in [5.74, 6) is -4.71. The summed E-state index contributed by atoms with van der Waals surface area (Å²) in [4.78, 5) is 93.7. The highest BCUT2D eigenvalue weighted by atomic mass is 35.5. The molecule has 0 aromatic heterocycles. The number of aryl methyl sites for hydroxylation is 1. The van der Waals surface area contributed by atoms with Gasteiger partial charge in [0.1, 0.15) is 17.3 Å². The van der Waals surface area contributed by atoms with E-state index in [9.17, 15) is 33.6 Å². The molecule has 4 aromatic rings. The van der Waals surface area contributed by atoms with Gasteiger partial charge >= 0.3 is 0 Å². The Hall–Kier alpha value is -5.84. The van der Waals surface area contributed by atoms with E-state index >= 15 is 4.39 Å². The normalized spacial score (nSPS) is 22.7. The number of nitrogens with zero attached hydrogens (tertiary/aromatic N) is 1. The van der Waals surface area contributed by atoms with E-state index in [2.05, 4.69) is 21.3 Å². The van der Waals surface area contributed by atoms with E-state index in [0.29, 0.717) is 91.6 Å². The minimum atomic E-state index is -1.36. The molecule has 4 atom stereocenters. The third kappa shape index (κ3) is 8.52. The van der Waals surface area contributed by atoms with Gasteiger partial charge in [0, 0.05) is 59.5 Å². The Morgan fingerprint density at radius 2 is 1.56 bits per heavy atom. The van der Waals surface area contributed by atoms with Crippen LogP contribution in [0.15, 0.2) is 78.9 Å². The fraction of sp³-hybridized carbons (Fsp3) is 0.392. The second-order valence-corrected chi connectivity index (χ2v) is 18.9. The molecule has 6 amide bonds. The van der Waals surface area contributed by atoms with Gasteiger partial charge in [0.25, 0.3) is 11.8 Å². The minimum Gasteiger partial charge on any atom is -0.379 e. The van der Waals surface area contributed by atoms with E-state index in [1.165, 1.54) is 6.07 Å². The SMILES string of the molecule is O=C1CCC(N2C(=O)c3cccc(CCCOCCOCCCC(=O)c4ccc(NC(=O)[C@@H]5NC6(CCCCC6)[C@@]6(C(=O)Nc7cc(Cl)ccc76)[C@H]5c5cccc(Cl)c5F)cc4)c3C2=O)C(=O)N1. The number of nitrogens with one attached hydrogen (secondary N) is 4. The number of imide groups is 2. The van der Waals surface area contributed by atoms with Gasteiger partial charge in [-0.2, -0.15) is 0 Å². The third-order valence-electron chi connectivity index (χ3n) is 14.1. The van der Waals surface area contributed by atoms with Crippen molar-refractivity contribution >= 4 is 75.8 Å². The number of carbonyl (C=O) groups excluding carboxylic acids is 7. The number of hydrogen-bond donors (Lipinski definition) is 4. The van der Waals surface area contributed by atoms with Crippen molar-refractivity contribution in [3.05, 3.63) is 128 Å². The van der Waals surface area contributed by atoms with Crippen LogP contribution in [0.1, 0.15) is 118 Å². The summed E-state index contributed by atoms with van der Waals surface area (Å²) in [6.07, 6.45) is 5.65. The fourth-order valence-corrected chi connectivity index (χ4v) is 11.5. The van der Waals surface area contributed by atoms with E-state index in [1.807, 2.05) is 6.07 Å². The Balaban J connectivity index is 0.755. The van der Waals surface area contributed by atoms with Crippen LogP contribution >= 0.6 is 23.2 Å². The summed E-state index contributed by atoms with van der Waals surface area (Å²) in [6.45, 7) is 1.34. The number of halogens is 3. The summed E-state index contributed by atoms with van der Waals surface area (Å²) in [6, 6.07) is 19.4. The first kappa shape index (κ1) is 47.2. The van der Waals surface area contributed by atoms with Crippen LogP contribution in [0, 0.1) is 5.82 Å². The molecule has 17 heteroatoms. The molecule has 2 spiro atoms. The maximum atomic E-state index is 16.2. The molecule has 1 unspecified atom stereocenters. The quantitative estimate of drug-likeness (QED) is 0.0499. The molecule has 3 fully saturated rings. The molecule has 2 saturated heterocycles. The van der Waals surface area contributed by atoms with Gasteiger partial charge in [-0.1, -0.05) is 72.8 Å². The lowest BCUT2D eigenvalue weighted by Gasteiger charge is -2.47. The first-order valence-electron chi connectivity index (χ1n) is 23.1. The molecule has 1 saturated carbocycles. The van der Waals surface area contributed by atoms with E-state index in [-0.39, 0.29) is 52.7 Å². The van der Waals surface area contributed by atoms with Crippen LogP contribution in [0.4, 0.5) is 15.8 Å². The smallest absolute Gasteiger partial charge is 0.262 e. The van der Waals surface area contributed by atoms with Crippen LogP contribution in [0.2, 0.25) is 10.0 Å². The predicted octanol–water partition coefficient (Wildman–Crippen LogP) is 7.45. The molecule has 9 rings (SSSR count). The second kappa shape index (κ2) is 19.6. The summed E-state index contributed by atoms with van der Waals surface area (Å²) < 4.78 is 27.7. The van der Waals surface area contributed by atoms with Gasteiger partial charge in [-0.25, -0.2) is 4.39 Å². The zero-order chi connectivity index (χ0) is 47.7. The zero-order valence-corrected chi connectivity index (χ0v) is 38.6. The van der Waals surface area contributed by atoms with E-state index in [0.717, 1.165) is 24.2 Å². The Morgan fingerprint density at radius 3 is 2.31 bits per heavy atom. The molecule has 1 aliphatic carbocycles. The van der Waals surface area contributed by atoms with Gasteiger partial charge in [0.15, 0.2) is 5.78 Å². The van der Waals surface area contributed by atoms with Gasteiger partial charge in [-0.15, -0.1) is 0 Å². The predicted molar refractivity (Wildman–Crippen MR) is 250 cm³/mol. The molecule has 0 bridgehead atoms. The van der Waals surface area contributed by atoms with Gasteiger partial charge in [0.2, 0.25) is 23.6 Å². The third-order valence-corrected chi connectivity index (χ3v) is 14.7. The Morgan fingerprint density at radius 1 is 0.824 bits per heavy atom. The summed E-state index contributed by atoms with van der Waals surface area (Å²) in [5, 5.41) is 12.2. The second-order valence-electron chi connectivity index (χ2n) is 18.0. The van der Waals surface area contributed by atoms with Crippen LogP contribution in [-0.4, -0.2) is 90.2 Å². The van der Waals surface area contributed by atoms with Crippen molar-refractivity contribution in [1.29, 1.82) is 0 Å². The van der Waals surface area contributed by atoms with Crippen molar-refractivity contribution in [2.45, 2.75) is 99.6 Å². The Bertz CT molecular complexity index is 2710. The Labute approximate surface area is 402 Å². The number of ketones is 1. The molecule has 0 radical (unpaired) electrons. The van der Waals surface area contributed by atoms with Gasteiger partial charge in [0.05, 0.1) is 35.4 Å². The number of carbonyl (C=O) groups is 7. The van der Waals surface area contributed by atoms with Crippen molar-refractivity contribution in [2.75, 3.05) is 37.1 Å². The lowest BCUT2D eigenvalue weighted by atomic mass is 9.55. The number of anilines is 2. The maximum absolute atomic E-state index is 16.2. The summed E-state index contributed by atoms with van der Waals surface area (Å²) in [5.41, 5.74) is 1.20. The zero-order valence-electron chi connectivity index (χ0n) is 37.1. The Kier molecular flexibility index (Phi) is 13.6. The molecular formula is C51H50Cl2FN5O9. The molecule has 4 aromatic carbocycles. The van der Waals surface area contributed by atoms with E-state index < -0.39 is 64.3 Å². The average Bonchev–Trinajstić information content (AvgIpc) is 3.88. The van der Waals surface area contributed by atoms with Gasteiger partial charge in [-0.3, -0.25) is 49.1 Å². The molecule has 14 nitrogen and oxygen atoms in total. The fourth-order valence-electron chi connectivity index (χ4n) is 11.1. The largest absolute Gasteiger partial charge is 0.379 e. The minimum absolute atomic E-state index is 0.0504. The maximum Gasteiger partial charge on any atom is 0.262 e.